The molecular formula is C9H12O4S. The molecule has 5 heteroatoms. The first kappa shape index (κ1) is 12.9. The molecule has 0 bridgehead atoms. The zero-order chi connectivity index (χ0) is 11.0. The second-order valence-corrected chi connectivity index (χ2v) is 3.85. The van der Waals surface area contributed by atoms with Gasteiger partial charge in [0, 0.05) is 25.2 Å². The van der Waals surface area contributed by atoms with Crippen LogP contribution in [0.4, 0.5) is 0 Å². The van der Waals surface area contributed by atoms with Gasteiger partial charge in [0.05, 0.1) is 0 Å². The first-order valence-corrected chi connectivity index (χ1v) is 5.08. The van der Waals surface area contributed by atoms with Gasteiger partial charge in [0.15, 0.2) is 10.9 Å². The van der Waals surface area contributed by atoms with Crippen molar-refractivity contribution < 1.29 is 19.5 Å². The summed E-state index contributed by atoms with van der Waals surface area (Å²) in [6.45, 7) is 1.47. The molecule has 0 aliphatic rings. The largest absolute Gasteiger partial charge is 0.478 e. The van der Waals surface area contributed by atoms with Crippen molar-refractivity contribution in [3.05, 3.63) is 12.2 Å². The van der Waals surface area contributed by atoms with Crippen LogP contribution in [0.2, 0.25) is 0 Å². The Hall–Kier alpha value is -1.10. The van der Waals surface area contributed by atoms with Crippen molar-refractivity contribution in [2.45, 2.75) is 19.8 Å². The van der Waals surface area contributed by atoms with Crippen LogP contribution in [0.25, 0.3) is 0 Å². The average Bonchev–Trinajstić information content (AvgIpc) is 2.08. The van der Waals surface area contributed by atoms with Gasteiger partial charge in [0.2, 0.25) is 0 Å². The highest BCUT2D eigenvalue weighted by Crippen LogP contribution is 2.05. The Kier molecular flexibility index (Phi) is 6.74. The third-order valence-electron chi connectivity index (χ3n) is 1.28. The number of carboxylic acids is 1. The summed E-state index contributed by atoms with van der Waals surface area (Å²) < 4.78 is 0. The molecule has 78 valence electrons. The number of rotatable bonds is 6. The van der Waals surface area contributed by atoms with Crippen molar-refractivity contribution in [3.8, 4) is 0 Å². The lowest BCUT2D eigenvalue weighted by Gasteiger charge is -1.94. The predicted octanol–water partition coefficient (Wildman–Crippen LogP) is 1.26. The average molecular weight is 216 g/mol. The molecule has 4 nitrogen and oxygen atoms in total. The Labute approximate surface area is 86.4 Å². The van der Waals surface area contributed by atoms with Crippen LogP contribution in [-0.4, -0.2) is 27.7 Å². The van der Waals surface area contributed by atoms with Gasteiger partial charge in [-0.15, -0.1) is 0 Å². The molecule has 1 N–H and O–H groups in total. The molecule has 0 aromatic rings. The van der Waals surface area contributed by atoms with E-state index < -0.39 is 5.97 Å². The molecule has 0 aliphatic heterocycles. The zero-order valence-corrected chi connectivity index (χ0v) is 8.67. The Morgan fingerprint density at radius 3 is 2.43 bits per heavy atom. The highest BCUT2D eigenvalue weighted by atomic mass is 32.2. The lowest BCUT2D eigenvalue weighted by Crippen LogP contribution is -1.97. The maximum atomic E-state index is 10.9. The van der Waals surface area contributed by atoms with Gasteiger partial charge in [-0.3, -0.25) is 9.59 Å². The van der Waals surface area contributed by atoms with E-state index in [4.69, 9.17) is 5.11 Å². The summed E-state index contributed by atoms with van der Waals surface area (Å²) in [6, 6.07) is 0. The minimum Gasteiger partial charge on any atom is -0.478 e. The van der Waals surface area contributed by atoms with Gasteiger partial charge in [-0.2, -0.15) is 0 Å². The number of allylic oxidation sites excluding steroid dienone is 1. The number of carbonyl (C=O) groups excluding carboxylic acids is 2. The van der Waals surface area contributed by atoms with E-state index >= 15 is 0 Å². The summed E-state index contributed by atoms with van der Waals surface area (Å²) in [4.78, 5) is 31.5. The third kappa shape index (κ3) is 8.99. The topological polar surface area (TPSA) is 71.4 Å². The van der Waals surface area contributed by atoms with E-state index in [0.29, 0.717) is 12.2 Å². The van der Waals surface area contributed by atoms with Crippen molar-refractivity contribution in [1.29, 1.82) is 0 Å². The lowest BCUT2D eigenvalue weighted by atomic mass is 10.2. The highest BCUT2D eigenvalue weighted by molar-refractivity contribution is 8.13. The molecule has 0 aromatic heterocycles. The fourth-order valence-corrected chi connectivity index (χ4v) is 1.29. The summed E-state index contributed by atoms with van der Waals surface area (Å²) in [5, 5.41) is 8.25. The highest BCUT2D eigenvalue weighted by Gasteiger charge is 1.99. The van der Waals surface area contributed by atoms with Crippen LogP contribution in [0.1, 0.15) is 19.8 Å². The van der Waals surface area contributed by atoms with Gasteiger partial charge < -0.3 is 5.11 Å². The molecular weight excluding hydrogens is 204 g/mol. The predicted molar refractivity (Wildman–Crippen MR) is 54.2 cm³/mol. The summed E-state index contributed by atoms with van der Waals surface area (Å²) >= 11 is 1.17. The Morgan fingerprint density at radius 1 is 1.29 bits per heavy atom. The van der Waals surface area contributed by atoms with Gasteiger partial charge in [0.25, 0.3) is 0 Å². The Bertz CT molecular complexity index is 258. The molecule has 0 atom stereocenters. The summed E-state index contributed by atoms with van der Waals surface area (Å²) in [6.07, 6.45) is 2.73. The smallest absolute Gasteiger partial charge is 0.328 e. The Morgan fingerprint density at radius 2 is 1.93 bits per heavy atom. The van der Waals surface area contributed by atoms with Crippen molar-refractivity contribution in [2.75, 3.05) is 5.75 Å². The van der Waals surface area contributed by atoms with E-state index in [-0.39, 0.29) is 17.3 Å². The van der Waals surface area contributed by atoms with Gasteiger partial charge in [-0.25, -0.2) is 4.79 Å². The van der Waals surface area contributed by atoms with Crippen LogP contribution < -0.4 is 0 Å². The van der Waals surface area contributed by atoms with Gasteiger partial charge >= 0.3 is 5.97 Å². The molecule has 0 radical (unpaired) electrons. The van der Waals surface area contributed by atoms with E-state index in [9.17, 15) is 14.4 Å². The maximum absolute atomic E-state index is 10.9. The molecule has 0 amide bonds. The summed E-state index contributed by atoms with van der Waals surface area (Å²) in [5.74, 6) is -0.755. The van der Waals surface area contributed by atoms with Crippen molar-refractivity contribution in [3.63, 3.8) is 0 Å². The van der Waals surface area contributed by atoms with Crippen LogP contribution in [0, 0.1) is 0 Å². The van der Waals surface area contributed by atoms with E-state index in [1.54, 1.807) is 0 Å². The number of thioether (sulfide) groups is 1. The number of carbonyl (C=O) groups is 3. The molecule has 0 rings (SSSR count). The Balaban J connectivity index is 3.55. The monoisotopic (exact) mass is 216 g/mol. The van der Waals surface area contributed by atoms with Crippen LogP contribution in [0.15, 0.2) is 12.2 Å². The molecule has 0 unspecified atom stereocenters. The van der Waals surface area contributed by atoms with Crippen molar-refractivity contribution in [2.24, 2.45) is 0 Å². The molecule has 0 fully saturated rings. The van der Waals surface area contributed by atoms with Crippen LogP contribution in [0.5, 0.6) is 0 Å². The molecule has 0 aliphatic carbocycles. The van der Waals surface area contributed by atoms with Crippen LogP contribution >= 0.6 is 11.8 Å². The van der Waals surface area contributed by atoms with E-state index in [1.807, 2.05) is 0 Å². The van der Waals surface area contributed by atoms with Gasteiger partial charge in [-0.05, 0) is 12.5 Å². The standard InChI is InChI=1S/C9H12O4S/c1-7(10)14-6-2-3-8(11)4-5-9(12)13/h4-5H,2-3,6H2,1H3,(H,12,13)/b5-4-. The van der Waals surface area contributed by atoms with Crippen molar-refractivity contribution in [1.82, 2.24) is 0 Å². The molecule has 0 aromatic carbocycles. The van der Waals surface area contributed by atoms with Gasteiger partial charge in [0.1, 0.15) is 0 Å². The number of aliphatic carboxylic acids is 1. The number of carboxylic acid groups (broad SMARTS) is 1. The third-order valence-corrected chi connectivity index (χ3v) is 2.18. The second kappa shape index (κ2) is 7.32. The van der Waals surface area contributed by atoms with Crippen LogP contribution in [0.3, 0.4) is 0 Å². The van der Waals surface area contributed by atoms with E-state index in [2.05, 4.69) is 0 Å². The fourth-order valence-electron chi connectivity index (χ4n) is 0.710. The molecule has 0 spiro atoms. The summed E-state index contributed by atoms with van der Waals surface area (Å²) in [5.41, 5.74) is 0. The summed E-state index contributed by atoms with van der Waals surface area (Å²) in [7, 11) is 0. The first-order valence-electron chi connectivity index (χ1n) is 4.09. The minimum absolute atomic E-state index is 0.0264. The quantitative estimate of drug-likeness (QED) is 0.534. The normalized spacial score (nSPS) is 10.4. The van der Waals surface area contributed by atoms with E-state index in [1.165, 1.54) is 18.7 Å². The van der Waals surface area contributed by atoms with Gasteiger partial charge in [-0.1, -0.05) is 11.8 Å². The first-order chi connectivity index (χ1) is 6.52. The minimum atomic E-state index is -1.13. The molecule has 0 heterocycles. The maximum Gasteiger partial charge on any atom is 0.328 e. The molecule has 0 saturated heterocycles. The van der Waals surface area contributed by atoms with E-state index in [0.717, 1.165) is 12.2 Å². The number of hydrogen-bond donors (Lipinski definition) is 1. The number of ketones is 1. The fraction of sp³-hybridized carbons (Fsp3) is 0.444. The second-order valence-electron chi connectivity index (χ2n) is 2.58. The van der Waals surface area contributed by atoms with Crippen molar-refractivity contribution >= 4 is 28.6 Å². The van der Waals surface area contributed by atoms with Crippen LogP contribution in [-0.2, 0) is 14.4 Å². The molecule has 14 heavy (non-hydrogen) atoms. The zero-order valence-electron chi connectivity index (χ0n) is 7.86. The molecule has 0 saturated carbocycles. The number of hydrogen-bond acceptors (Lipinski definition) is 4. The lowest BCUT2D eigenvalue weighted by molar-refractivity contribution is -0.131. The SMILES string of the molecule is CC(=O)SCCCC(=O)/C=C\C(=O)O.